The van der Waals surface area contributed by atoms with E-state index in [0.717, 1.165) is 49.3 Å². The first-order valence-electron chi connectivity index (χ1n) is 8.41. The zero-order valence-corrected chi connectivity index (χ0v) is 14.7. The Hall–Kier alpha value is -1.57. The van der Waals surface area contributed by atoms with Gasteiger partial charge in [-0.1, -0.05) is 11.3 Å². The number of aryl methyl sites for hydroxylation is 1. The third kappa shape index (κ3) is 3.16. The van der Waals surface area contributed by atoms with Crippen LogP contribution in [0.5, 0.6) is 0 Å². The molecular formula is C17H22N4O2S. The summed E-state index contributed by atoms with van der Waals surface area (Å²) in [5.41, 5.74) is 1.17. The molecule has 0 aromatic carbocycles. The fourth-order valence-electron chi connectivity index (χ4n) is 3.59. The standard InChI is InChI=1S/C17H22N4O2S/c1-13-19-20-16(24-13)21-11-17(12-21)15(5-9-23-17)4-8-22-10-14-2-6-18-7-3-14/h2-3,6-7,15H,4-5,8-12H2,1H3/t15-/m0/s1. The first kappa shape index (κ1) is 15.9. The van der Waals surface area contributed by atoms with E-state index in [1.54, 1.807) is 23.7 Å². The summed E-state index contributed by atoms with van der Waals surface area (Å²) in [7, 11) is 0. The molecule has 4 heterocycles. The van der Waals surface area contributed by atoms with E-state index in [0.29, 0.717) is 12.5 Å². The molecule has 0 N–H and O–H groups in total. The van der Waals surface area contributed by atoms with Crippen LogP contribution in [0.1, 0.15) is 23.4 Å². The van der Waals surface area contributed by atoms with Gasteiger partial charge in [0, 0.05) is 25.6 Å². The lowest BCUT2D eigenvalue weighted by Crippen LogP contribution is -2.65. The number of nitrogens with zero attached hydrogens (tertiary/aromatic N) is 4. The Balaban J connectivity index is 1.25. The van der Waals surface area contributed by atoms with E-state index in [9.17, 15) is 0 Å². The average Bonchev–Trinajstić information content (AvgIpc) is 3.17. The number of pyridine rings is 1. The van der Waals surface area contributed by atoms with Crippen LogP contribution in [0.25, 0.3) is 0 Å². The van der Waals surface area contributed by atoms with E-state index in [-0.39, 0.29) is 5.60 Å². The highest BCUT2D eigenvalue weighted by Crippen LogP contribution is 2.43. The van der Waals surface area contributed by atoms with Crippen molar-refractivity contribution < 1.29 is 9.47 Å². The molecule has 0 radical (unpaired) electrons. The van der Waals surface area contributed by atoms with Gasteiger partial charge in [0.25, 0.3) is 0 Å². The highest BCUT2D eigenvalue weighted by Gasteiger charge is 2.53. The fraction of sp³-hybridized carbons (Fsp3) is 0.588. The van der Waals surface area contributed by atoms with Crippen LogP contribution in [0.2, 0.25) is 0 Å². The maximum absolute atomic E-state index is 6.11. The molecule has 4 rings (SSSR count). The van der Waals surface area contributed by atoms with Gasteiger partial charge in [0.15, 0.2) is 0 Å². The molecule has 2 saturated heterocycles. The first-order chi connectivity index (χ1) is 11.8. The van der Waals surface area contributed by atoms with Gasteiger partial charge in [-0.25, -0.2) is 0 Å². The lowest BCUT2D eigenvalue weighted by molar-refractivity contribution is -0.0509. The molecule has 0 unspecified atom stereocenters. The summed E-state index contributed by atoms with van der Waals surface area (Å²) in [5, 5.41) is 10.4. The van der Waals surface area contributed by atoms with Crippen molar-refractivity contribution in [1.82, 2.24) is 15.2 Å². The Morgan fingerprint density at radius 2 is 2.17 bits per heavy atom. The molecule has 2 aliphatic rings. The van der Waals surface area contributed by atoms with Crippen molar-refractivity contribution >= 4 is 16.5 Å². The van der Waals surface area contributed by atoms with Crippen LogP contribution in [0.4, 0.5) is 5.13 Å². The lowest BCUT2D eigenvalue weighted by atomic mass is 9.79. The summed E-state index contributed by atoms with van der Waals surface area (Å²) < 4.78 is 12.0. The fourth-order valence-corrected chi connectivity index (χ4v) is 4.27. The number of hydrogen-bond donors (Lipinski definition) is 0. The normalized spacial score (nSPS) is 22.0. The highest BCUT2D eigenvalue weighted by molar-refractivity contribution is 7.15. The van der Waals surface area contributed by atoms with Crippen molar-refractivity contribution in [2.45, 2.75) is 32.0 Å². The number of hydrogen-bond acceptors (Lipinski definition) is 7. The monoisotopic (exact) mass is 346 g/mol. The molecule has 1 spiro atoms. The van der Waals surface area contributed by atoms with Crippen molar-refractivity contribution in [3.8, 4) is 0 Å². The van der Waals surface area contributed by atoms with Crippen molar-refractivity contribution in [3.63, 3.8) is 0 Å². The van der Waals surface area contributed by atoms with Gasteiger partial charge >= 0.3 is 0 Å². The van der Waals surface area contributed by atoms with E-state index in [4.69, 9.17) is 9.47 Å². The van der Waals surface area contributed by atoms with Crippen molar-refractivity contribution in [2.75, 3.05) is 31.2 Å². The molecule has 0 aliphatic carbocycles. The number of rotatable bonds is 6. The van der Waals surface area contributed by atoms with Crippen LogP contribution in [0.15, 0.2) is 24.5 Å². The predicted octanol–water partition coefficient (Wildman–Crippen LogP) is 2.44. The highest BCUT2D eigenvalue weighted by atomic mass is 32.1. The van der Waals surface area contributed by atoms with Crippen LogP contribution in [0, 0.1) is 12.8 Å². The van der Waals surface area contributed by atoms with E-state index in [1.165, 1.54) is 5.56 Å². The number of aromatic nitrogens is 3. The topological polar surface area (TPSA) is 60.4 Å². The summed E-state index contributed by atoms with van der Waals surface area (Å²) >= 11 is 1.65. The Bertz CT molecular complexity index is 672. The zero-order valence-electron chi connectivity index (χ0n) is 13.9. The van der Waals surface area contributed by atoms with Gasteiger partial charge in [0.2, 0.25) is 5.13 Å². The second-order valence-electron chi connectivity index (χ2n) is 6.56. The molecule has 2 fully saturated rings. The van der Waals surface area contributed by atoms with Gasteiger partial charge in [-0.2, -0.15) is 0 Å². The molecule has 0 amide bonds. The summed E-state index contributed by atoms with van der Waals surface area (Å²) in [4.78, 5) is 6.30. The van der Waals surface area contributed by atoms with E-state index in [1.807, 2.05) is 19.1 Å². The second kappa shape index (κ2) is 6.74. The molecule has 1 atom stereocenters. The van der Waals surface area contributed by atoms with Crippen LogP contribution < -0.4 is 4.90 Å². The molecule has 2 aliphatic heterocycles. The molecule has 24 heavy (non-hydrogen) atoms. The number of ether oxygens (including phenoxy) is 2. The van der Waals surface area contributed by atoms with Gasteiger partial charge in [0.05, 0.1) is 19.7 Å². The van der Waals surface area contributed by atoms with E-state index < -0.39 is 0 Å². The molecule has 2 aromatic rings. The van der Waals surface area contributed by atoms with Crippen molar-refractivity contribution in [3.05, 3.63) is 35.1 Å². The van der Waals surface area contributed by atoms with Crippen LogP contribution in [-0.4, -0.2) is 47.1 Å². The molecular weight excluding hydrogens is 324 g/mol. The van der Waals surface area contributed by atoms with E-state index >= 15 is 0 Å². The molecule has 0 bridgehead atoms. The van der Waals surface area contributed by atoms with Gasteiger partial charge in [0.1, 0.15) is 10.6 Å². The molecule has 128 valence electrons. The molecule has 0 saturated carbocycles. The third-order valence-corrected chi connectivity index (χ3v) is 5.83. The Morgan fingerprint density at radius 1 is 1.33 bits per heavy atom. The first-order valence-corrected chi connectivity index (χ1v) is 9.22. The SMILES string of the molecule is Cc1nnc(N2CC3(C2)OCC[C@@H]3CCOCc2ccncc2)s1. The average molecular weight is 346 g/mol. The lowest BCUT2D eigenvalue weighted by Gasteiger charge is -2.50. The summed E-state index contributed by atoms with van der Waals surface area (Å²) in [6, 6.07) is 3.99. The summed E-state index contributed by atoms with van der Waals surface area (Å²) in [6.07, 6.45) is 5.78. The molecule has 7 heteroatoms. The van der Waals surface area contributed by atoms with Crippen LogP contribution in [-0.2, 0) is 16.1 Å². The van der Waals surface area contributed by atoms with Gasteiger partial charge in [-0.15, -0.1) is 10.2 Å². The minimum Gasteiger partial charge on any atom is -0.377 e. The van der Waals surface area contributed by atoms with Gasteiger partial charge < -0.3 is 14.4 Å². The molecule has 6 nitrogen and oxygen atoms in total. The minimum absolute atomic E-state index is 0.000395. The predicted molar refractivity (Wildman–Crippen MR) is 92.2 cm³/mol. The van der Waals surface area contributed by atoms with Crippen molar-refractivity contribution in [2.24, 2.45) is 5.92 Å². The van der Waals surface area contributed by atoms with Crippen molar-refractivity contribution in [1.29, 1.82) is 0 Å². The Morgan fingerprint density at radius 3 is 2.92 bits per heavy atom. The van der Waals surface area contributed by atoms with Crippen LogP contribution in [0.3, 0.4) is 0 Å². The zero-order chi connectivity index (χ0) is 16.4. The molecule has 2 aromatic heterocycles. The smallest absolute Gasteiger partial charge is 0.208 e. The Kier molecular flexibility index (Phi) is 4.47. The maximum atomic E-state index is 6.11. The minimum atomic E-state index is -0.000395. The quantitative estimate of drug-likeness (QED) is 0.749. The van der Waals surface area contributed by atoms with Gasteiger partial charge in [-0.05, 0) is 43.4 Å². The number of anilines is 1. The van der Waals surface area contributed by atoms with Gasteiger partial charge in [-0.3, -0.25) is 4.98 Å². The Labute approximate surface area is 145 Å². The van der Waals surface area contributed by atoms with Crippen LogP contribution >= 0.6 is 11.3 Å². The summed E-state index contributed by atoms with van der Waals surface area (Å²) in [5.74, 6) is 0.570. The third-order valence-electron chi connectivity index (χ3n) is 4.93. The maximum Gasteiger partial charge on any atom is 0.208 e. The van der Waals surface area contributed by atoms with E-state index in [2.05, 4.69) is 20.1 Å². The largest absolute Gasteiger partial charge is 0.377 e. The second-order valence-corrected chi connectivity index (χ2v) is 7.72. The summed E-state index contributed by atoms with van der Waals surface area (Å²) in [6.45, 7) is 6.13.